The molecule has 0 saturated carbocycles. The SMILES string of the molecule is CCOCCCNC(N)=NCC(C)(O)c1ccco1. The summed E-state index contributed by atoms with van der Waals surface area (Å²) in [6.45, 7) is 5.84. The molecular formula is C13H23N3O3. The molecule has 0 spiro atoms. The molecule has 1 unspecified atom stereocenters. The average molecular weight is 269 g/mol. The number of nitrogens with one attached hydrogen (secondary N) is 1. The van der Waals surface area contributed by atoms with Crippen molar-refractivity contribution < 1.29 is 14.3 Å². The van der Waals surface area contributed by atoms with Gasteiger partial charge in [-0.2, -0.15) is 0 Å². The second-order valence-corrected chi connectivity index (χ2v) is 4.43. The van der Waals surface area contributed by atoms with Crippen molar-refractivity contribution in [2.24, 2.45) is 10.7 Å². The molecule has 0 amide bonds. The molecule has 0 aliphatic carbocycles. The Labute approximate surface area is 113 Å². The van der Waals surface area contributed by atoms with Gasteiger partial charge in [0.2, 0.25) is 0 Å². The van der Waals surface area contributed by atoms with Crippen molar-refractivity contribution in [3.63, 3.8) is 0 Å². The van der Waals surface area contributed by atoms with Gasteiger partial charge in [0.05, 0.1) is 12.8 Å². The van der Waals surface area contributed by atoms with Crippen LogP contribution in [-0.2, 0) is 10.3 Å². The maximum atomic E-state index is 10.2. The van der Waals surface area contributed by atoms with Gasteiger partial charge in [-0.05, 0) is 32.4 Å². The van der Waals surface area contributed by atoms with Crippen molar-refractivity contribution in [2.75, 3.05) is 26.3 Å². The molecule has 4 N–H and O–H groups in total. The molecule has 6 heteroatoms. The van der Waals surface area contributed by atoms with E-state index in [1.807, 2.05) is 6.92 Å². The molecule has 0 saturated heterocycles. The van der Waals surface area contributed by atoms with Gasteiger partial charge in [0.15, 0.2) is 5.96 Å². The third kappa shape index (κ3) is 5.76. The smallest absolute Gasteiger partial charge is 0.188 e. The van der Waals surface area contributed by atoms with E-state index in [1.54, 1.807) is 19.1 Å². The van der Waals surface area contributed by atoms with Gasteiger partial charge >= 0.3 is 0 Å². The number of rotatable bonds is 8. The molecule has 6 nitrogen and oxygen atoms in total. The summed E-state index contributed by atoms with van der Waals surface area (Å²) < 4.78 is 10.4. The van der Waals surface area contributed by atoms with Crippen molar-refractivity contribution in [3.8, 4) is 0 Å². The Balaban J connectivity index is 2.31. The largest absolute Gasteiger partial charge is 0.466 e. The summed E-state index contributed by atoms with van der Waals surface area (Å²) in [7, 11) is 0. The zero-order chi connectivity index (χ0) is 14.1. The Kier molecular flexibility index (Phi) is 6.38. The molecule has 1 aromatic rings. The molecule has 19 heavy (non-hydrogen) atoms. The second-order valence-electron chi connectivity index (χ2n) is 4.43. The number of ether oxygens (including phenoxy) is 1. The molecule has 1 atom stereocenters. The van der Waals surface area contributed by atoms with E-state index in [0.29, 0.717) is 24.9 Å². The highest BCUT2D eigenvalue weighted by Gasteiger charge is 2.25. The van der Waals surface area contributed by atoms with Gasteiger partial charge in [0.25, 0.3) is 0 Å². The summed E-state index contributed by atoms with van der Waals surface area (Å²) in [5.74, 6) is 0.781. The zero-order valence-corrected chi connectivity index (χ0v) is 11.6. The molecule has 108 valence electrons. The van der Waals surface area contributed by atoms with E-state index >= 15 is 0 Å². The minimum atomic E-state index is -1.15. The fraction of sp³-hybridized carbons (Fsp3) is 0.615. The lowest BCUT2D eigenvalue weighted by molar-refractivity contribution is 0.0437. The molecule has 1 rings (SSSR count). The highest BCUT2D eigenvalue weighted by atomic mass is 16.5. The first-order chi connectivity index (χ1) is 9.06. The van der Waals surface area contributed by atoms with Crippen LogP contribution in [0.3, 0.4) is 0 Å². The van der Waals surface area contributed by atoms with Crippen LogP contribution < -0.4 is 11.1 Å². The first-order valence-corrected chi connectivity index (χ1v) is 6.44. The lowest BCUT2D eigenvalue weighted by Crippen LogP contribution is -2.35. The maximum Gasteiger partial charge on any atom is 0.188 e. The van der Waals surface area contributed by atoms with Crippen molar-refractivity contribution in [2.45, 2.75) is 25.9 Å². The zero-order valence-electron chi connectivity index (χ0n) is 11.6. The molecule has 0 aliphatic rings. The van der Waals surface area contributed by atoms with Crippen LogP contribution in [0.1, 0.15) is 26.0 Å². The topological polar surface area (TPSA) is 93.0 Å². The van der Waals surface area contributed by atoms with Crippen molar-refractivity contribution >= 4 is 5.96 Å². The van der Waals surface area contributed by atoms with Crippen molar-refractivity contribution in [1.29, 1.82) is 0 Å². The standard InChI is InChI=1S/C13H23N3O3/c1-3-18-8-5-7-15-12(14)16-10-13(2,17)11-6-4-9-19-11/h4,6,9,17H,3,5,7-8,10H2,1-2H3,(H3,14,15,16). The molecule has 0 aliphatic heterocycles. The third-order valence-electron chi connectivity index (χ3n) is 2.58. The van der Waals surface area contributed by atoms with Crippen molar-refractivity contribution in [3.05, 3.63) is 24.2 Å². The van der Waals surface area contributed by atoms with Crippen molar-refractivity contribution in [1.82, 2.24) is 5.32 Å². The van der Waals surface area contributed by atoms with Crippen LogP contribution in [0.4, 0.5) is 0 Å². The number of aliphatic hydroxyl groups is 1. The summed E-state index contributed by atoms with van der Waals surface area (Å²) in [6.07, 6.45) is 2.38. The second kappa shape index (κ2) is 7.81. The fourth-order valence-corrected chi connectivity index (χ4v) is 1.49. The van der Waals surface area contributed by atoms with Crippen LogP contribution in [0.25, 0.3) is 0 Å². The first kappa shape index (κ1) is 15.5. The van der Waals surface area contributed by atoms with E-state index in [4.69, 9.17) is 14.9 Å². The molecule has 0 bridgehead atoms. The van der Waals surface area contributed by atoms with Crippen LogP contribution in [0.2, 0.25) is 0 Å². The predicted molar refractivity (Wildman–Crippen MR) is 73.9 cm³/mol. The number of hydrogen-bond acceptors (Lipinski definition) is 4. The van der Waals surface area contributed by atoms with Crippen LogP contribution in [0, 0.1) is 0 Å². The van der Waals surface area contributed by atoms with Gasteiger partial charge in [-0.1, -0.05) is 0 Å². The van der Waals surface area contributed by atoms with Gasteiger partial charge in [-0.25, -0.2) is 4.99 Å². The summed E-state index contributed by atoms with van der Waals surface area (Å²) >= 11 is 0. The highest BCUT2D eigenvalue weighted by Crippen LogP contribution is 2.20. The highest BCUT2D eigenvalue weighted by molar-refractivity contribution is 5.77. The van der Waals surface area contributed by atoms with Gasteiger partial charge in [-0.15, -0.1) is 0 Å². The van der Waals surface area contributed by atoms with E-state index in [2.05, 4.69) is 10.3 Å². The number of nitrogens with two attached hydrogens (primary N) is 1. The Morgan fingerprint density at radius 1 is 1.63 bits per heavy atom. The summed E-state index contributed by atoms with van der Waals surface area (Å²) in [6, 6.07) is 3.43. The van der Waals surface area contributed by atoms with E-state index in [0.717, 1.165) is 13.0 Å². The molecule has 0 radical (unpaired) electrons. The van der Waals surface area contributed by atoms with Gasteiger partial charge in [0, 0.05) is 19.8 Å². The molecule has 0 aromatic carbocycles. The number of furan rings is 1. The molecular weight excluding hydrogens is 246 g/mol. The molecule has 1 heterocycles. The minimum absolute atomic E-state index is 0.144. The lowest BCUT2D eigenvalue weighted by atomic mass is 10.0. The van der Waals surface area contributed by atoms with E-state index < -0.39 is 5.60 Å². The van der Waals surface area contributed by atoms with Gasteiger partial charge < -0.3 is 25.3 Å². The molecule has 0 fully saturated rings. The lowest BCUT2D eigenvalue weighted by Gasteiger charge is -2.18. The normalized spacial score (nSPS) is 15.2. The van der Waals surface area contributed by atoms with Gasteiger partial charge in [0.1, 0.15) is 11.4 Å². The third-order valence-corrected chi connectivity index (χ3v) is 2.58. The monoisotopic (exact) mass is 269 g/mol. The van der Waals surface area contributed by atoms with Crippen LogP contribution >= 0.6 is 0 Å². The number of aliphatic imine (C=N–C) groups is 1. The Bertz CT molecular complexity index is 374. The Morgan fingerprint density at radius 2 is 2.42 bits per heavy atom. The van der Waals surface area contributed by atoms with E-state index in [1.165, 1.54) is 6.26 Å². The first-order valence-electron chi connectivity index (χ1n) is 6.44. The number of nitrogens with zero attached hydrogens (tertiary/aromatic N) is 1. The minimum Gasteiger partial charge on any atom is -0.466 e. The number of hydrogen-bond donors (Lipinski definition) is 3. The van der Waals surface area contributed by atoms with E-state index in [-0.39, 0.29) is 6.54 Å². The maximum absolute atomic E-state index is 10.2. The molecule has 1 aromatic heterocycles. The average Bonchev–Trinajstić information content (AvgIpc) is 2.91. The Hall–Kier alpha value is -1.53. The van der Waals surface area contributed by atoms with Gasteiger partial charge in [-0.3, -0.25) is 0 Å². The van der Waals surface area contributed by atoms with Crippen LogP contribution in [0.5, 0.6) is 0 Å². The number of guanidine groups is 1. The quantitative estimate of drug-likeness (QED) is 0.369. The fourth-order valence-electron chi connectivity index (χ4n) is 1.49. The summed E-state index contributed by atoms with van der Waals surface area (Å²) in [4.78, 5) is 4.10. The summed E-state index contributed by atoms with van der Waals surface area (Å²) in [5, 5.41) is 13.1. The Morgan fingerprint density at radius 3 is 3.05 bits per heavy atom. The predicted octanol–water partition coefficient (Wildman–Crippen LogP) is 0.818. The van der Waals surface area contributed by atoms with E-state index in [9.17, 15) is 5.11 Å². The van der Waals surface area contributed by atoms with Crippen LogP contribution in [0.15, 0.2) is 27.8 Å². The van der Waals surface area contributed by atoms with Crippen LogP contribution in [-0.4, -0.2) is 37.4 Å². The summed E-state index contributed by atoms with van der Waals surface area (Å²) in [5.41, 5.74) is 4.55.